The van der Waals surface area contributed by atoms with E-state index in [-0.39, 0.29) is 0 Å². The lowest BCUT2D eigenvalue weighted by molar-refractivity contribution is -0.163. The molecular weight excluding hydrogens is 136 g/mol. The van der Waals surface area contributed by atoms with Crippen LogP contribution in [0.2, 0.25) is 0 Å². The lowest BCUT2D eigenvalue weighted by Gasteiger charge is -1.95. The zero-order valence-corrected chi connectivity index (χ0v) is 5.63. The Morgan fingerprint density at radius 2 is 1.50 bits per heavy atom. The normalized spacial score (nSPS) is 50.6. The lowest BCUT2D eigenvalue weighted by Crippen LogP contribution is -2.22. The van der Waals surface area contributed by atoms with Gasteiger partial charge in [0.05, 0.1) is 0 Å². The molecule has 54 valence electrons. The van der Waals surface area contributed by atoms with Crippen LogP contribution in [-0.4, -0.2) is 23.1 Å². The summed E-state index contributed by atoms with van der Waals surface area (Å²) in [6.45, 7) is 3.11. The predicted molar refractivity (Wildman–Crippen MR) is 29.0 cm³/mol. The molecule has 0 N–H and O–H groups in total. The van der Waals surface area contributed by atoms with Crippen molar-refractivity contribution in [2.45, 2.75) is 25.0 Å². The van der Waals surface area contributed by atoms with Crippen LogP contribution >= 0.6 is 0 Å². The molecule has 0 amide bonds. The summed E-state index contributed by atoms with van der Waals surface area (Å²) in [7, 11) is 0. The van der Waals surface area contributed by atoms with Crippen molar-refractivity contribution in [3.8, 4) is 0 Å². The Balaban J connectivity index is 2.47. The summed E-state index contributed by atoms with van der Waals surface area (Å²) in [4.78, 5) is 21.6. The molecule has 2 aliphatic heterocycles. The van der Waals surface area contributed by atoms with E-state index in [1.54, 1.807) is 13.8 Å². The molecule has 2 aliphatic rings. The number of cyclic esters (lactones) is 2. The van der Waals surface area contributed by atoms with Gasteiger partial charge < -0.3 is 9.47 Å². The number of hydrogen-bond acceptors (Lipinski definition) is 4. The first-order chi connectivity index (χ1) is 4.51. The van der Waals surface area contributed by atoms with Crippen LogP contribution in [0.1, 0.15) is 13.8 Å². The minimum absolute atomic E-state index is 0.569. The summed E-state index contributed by atoms with van der Waals surface area (Å²) >= 11 is 0. The summed E-state index contributed by atoms with van der Waals surface area (Å²) in [6.07, 6.45) is 0. The number of hydrogen-bond donors (Lipinski definition) is 0. The second-order valence-corrected chi connectivity index (χ2v) is 2.85. The number of fused-ring (bicyclic) bond motifs is 1. The Morgan fingerprint density at radius 3 is 1.60 bits per heavy atom. The van der Waals surface area contributed by atoms with Gasteiger partial charge >= 0.3 is 11.9 Å². The second kappa shape index (κ2) is 1.12. The molecular formula is C6H6O4. The van der Waals surface area contributed by atoms with Crippen molar-refractivity contribution in [3.63, 3.8) is 0 Å². The number of rotatable bonds is 0. The van der Waals surface area contributed by atoms with Gasteiger partial charge in [-0.05, 0) is 13.8 Å². The highest BCUT2D eigenvalue weighted by Crippen LogP contribution is 2.53. The van der Waals surface area contributed by atoms with Gasteiger partial charge in [0, 0.05) is 0 Å². The Labute approximate surface area is 57.1 Å². The summed E-state index contributed by atoms with van der Waals surface area (Å²) in [5.41, 5.74) is -1.96. The molecule has 4 heteroatoms. The van der Waals surface area contributed by atoms with Crippen LogP contribution in [-0.2, 0) is 19.1 Å². The van der Waals surface area contributed by atoms with Crippen molar-refractivity contribution in [2.75, 3.05) is 0 Å². The van der Waals surface area contributed by atoms with Crippen molar-refractivity contribution < 1.29 is 19.1 Å². The van der Waals surface area contributed by atoms with Gasteiger partial charge in [0.15, 0.2) is 0 Å². The highest BCUT2D eigenvalue weighted by atomic mass is 16.7. The Morgan fingerprint density at radius 1 is 1.10 bits per heavy atom. The van der Waals surface area contributed by atoms with Crippen molar-refractivity contribution in [3.05, 3.63) is 0 Å². The van der Waals surface area contributed by atoms with Crippen LogP contribution in [0.15, 0.2) is 0 Å². The molecule has 0 spiro atoms. The molecule has 0 radical (unpaired) electrons. The van der Waals surface area contributed by atoms with Crippen LogP contribution in [0.3, 0.4) is 0 Å². The van der Waals surface area contributed by atoms with Crippen LogP contribution in [0, 0.1) is 0 Å². The van der Waals surface area contributed by atoms with E-state index in [9.17, 15) is 9.59 Å². The molecule has 2 rings (SSSR count). The second-order valence-electron chi connectivity index (χ2n) is 2.85. The van der Waals surface area contributed by atoms with Crippen molar-refractivity contribution in [2.24, 2.45) is 0 Å². The van der Waals surface area contributed by atoms with Gasteiger partial charge in [-0.15, -0.1) is 0 Å². The average Bonchev–Trinajstić information content (AvgIpc) is 2.33. The van der Waals surface area contributed by atoms with Crippen LogP contribution in [0.25, 0.3) is 0 Å². The monoisotopic (exact) mass is 142 g/mol. The molecule has 0 bridgehead atoms. The summed E-state index contributed by atoms with van der Waals surface area (Å²) in [5, 5.41) is 0. The maximum atomic E-state index is 10.8. The molecule has 4 nitrogen and oxygen atoms in total. The summed E-state index contributed by atoms with van der Waals surface area (Å²) in [6, 6.07) is 0. The summed E-state index contributed by atoms with van der Waals surface area (Å²) < 4.78 is 9.25. The fourth-order valence-corrected chi connectivity index (χ4v) is 1.13. The van der Waals surface area contributed by atoms with E-state index in [2.05, 4.69) is 4.74 Å². The van der Waals surface area contributed by atoms with E-state index in [4.69, 9.17) is 4.74 Å². The average molecular weight is 142 g/mol. The molecule has 0 aromatic heterocycles. The first-order valence-electron chi connectivity index (χ1n) is 2.97. The van der Waals surface area contributed by atoms with E-state index in [0.717, 1.165) is 0 Å². The third kappa shape index (κ3) is 0.335. The number of carbonyl (C=O) groups excluding carboxylic acids is 2. The Bertz CT molecular complexity index is 222. The quantitative estimate of drug-likeness (QED) is 0.263. The van der Waals surface area contributed by atoms with E-state index < -0.39 is 23.1 Å². The zero-order valence-electron chi connectivity index (χ0n) is 5.63. The number of ether oxygens (including phenoxy) is 2. The maximum Gasteiger partial charge on any atom is 0.349 e. The zero-order chi connectivity index (χ0) is 7.57. The molecule has 0 saturated carbocycles. The fraction of sp³-hybridized carbons (Fsp3) is 0.667. The van der Waals surface area contributed by atoms with E-state index in [1.807, 2.05) is 0 Å². The third-order valence-electron chi connectivity index (χ3n) is 2.24. The highest BCUT2D eigenvalue weighted by molar-refractivity contribution is 6.09. The Hall–Kier alpha value is -0.900. The molecule has 10 heavy (non-hydrogen) atoms. The minimum atomic E-state index is -0.982. The first-order valence-corrected chi connectivity index (χ1v) is 2.97. The van der Waals surface area contributed by atoms with Crippen molar-refractivity contribution in [1.82, 2.24) is 0 Å². The van der Waals surface area contributed by atoms with Gasteiger partial charge in [-0.25, -0.2) is 9.59 Å². The van der Waals surface area contributed by atoms with Gasteiger partial charge in [-0.1, -0.05) is 0 Å². The van der Waals surface area contributed by atoms with Crippen molar-refractivity contribution >= 4 is 11.9 Å². The Kier molecular flexibility index (Phi) is 0.655. The predicted octanol–water partition coefficient (Wildman–Crippen LogP) is -0.383. The standard InChI is InChI=1S/C6H6O4/c1-5-3(7)9-4(8)6(5,2)10-5/h1-2H3. The molecule has 2 unspecified atom stereocenters. The molecule has 0 aromatic rings. The van der Waals surface area contributed by atoms with Gasteiger partial charge in [-0.3, -0.25) is 0 Å². The number of epoxide rings is 1. The van der Waals surface area contributed by atoms with E-state index in [1.165, 1.54) is 0 Å². The number of carbonyl (C=O) groups is 2. The largest absolute Gasteiger partial charge is 0.389 e. The minimum Gasteiger partial charge on any atom is -0.389 e. The van der Waals surface area contributed by atoms with Crippen LogP contribution in [0.4, 0.5) is 0 Å². The van der Waals surface area contributed by atoms with Gasteiger partial charge in [-0.2, -0.15) is 0 Å². The van der Waals surface area contributed by atoms with Gasteiger partial charge in [0.1, 0.15) is 0 Å². The fourth-order valence-electron chi connectivity index (χ4n) is 1.13. The molecule has 2 saturated heterocycles. The van der Waals surface area contributed by atoms with E-state index in [0.29, 0.717) is 0 Å². The number of esters is 2. The SMILES string of the molecule is CC12OC1(C)C(=O)OC2=O. The first kappa shape index (κ1) is 5.85. The smallest absolute Gasteiger partial charge is 0.349 e. The highest BCUT2D eigenvalue weighted by Gasteiger charge is 2.80. The lowest BCUT2D eigenvalue weighted by atomic mass is 10.00. The molecule has 0 aliphatic carbocycles. The van der Waals surface area contributed by atoms with E-state index >= 15 is 0 Å². The third-order valence-corrected chi connectivity index (χ3v) is 2.24. The van der Waals surface area contributed by atoms with Gasteiger partial charge in [0.2, 0.25) is 11.2 Å². The molecule has 2 atom stereocenters. The molecule has 2 fully saturated rings. The van der Waals surface area contributed by atoms with Crippen LogP contribution < -0.4 is 0 Å². The topological polar surface area (TPSA) is 55.9 Å². The van der Waals surface area contributed by atoms with Gasteiger partial charge in [0.25, 0.3) is 0 Å². The maximum absolute atomic E-state index is 10.8. The van der Waals surface area contributed by atoms with Crippen LogP contribution in [0.5, 0.6) is 0 Å². The molecule has 2 heterocycles. The molecule has 0 aromatic carbocycles. The summed E-state index contributed by atoms with van der Waals surface area (Å²) in [5.74, 6) is -1.14. The van der Waals surface area contributed by atoms with Crippen molar-refractivity contribution in [1.29, 1.82) is 0 Å².